The fraction of sp³-hybridized carbons (Fsp3) is 0.476. The number of hydrogen-bond donors (Lipinski definition) is 2. The highest BCUT2D eigenvalue weighted by Crippen LogP contribution is 2.29. The largest absolute Gasteiger partial charge is 0.497 e. The Hall–Kier alpha value is -1.74. The van der Waals surface area contributed by atoms with E-state index in [2.05, 4.69) is 34.3 Å². The lowest BCUT2D eigenvalue weighted by Crippen LogP contribution is -2.41. The van der Waals surface area contributed by atoms with Crippen LogP contribution in [0.25, 0.3) is 0 Å². The molecule has 6 nitrogen and oxygen atoms in total. The molecule has 1 aliphatic heterocycles. The molecule has 2 unspecified atom stereocenters. The molecule has 28 heavy (non-hydrogen) atoms. The molecule has 0 bridgehead atoms. The normalized spacial score (nSPS) is 19.1. The molecule has 7 heteroatoms. The number of nitrogens with zero attached hydrogens (tertiary/aromatic N) is 2. The van der Waals surface area contributed by atoms with Gasteiger partial charge in [-0.25, -0.2) is 4.99 Å². The predicted molar refractivity (Wildman–Crippen MR) is 122 cm³/mol. The van der Waals surface area contributed by atoms with E-state index in [9.17, 15) is 5.11 Å². The number of furan rings is 1. The SMILES string of the molecule is CCNC(=NCC(C)(O)c1ccco1)N1CCC(c2ccc(OC)cc2)C1.I. The molecular weight excluding hydrogens is 469 g/mol. The van der Waals surface area contributed by atoms with E-state index in [1.54, 1.807) is 32.4 Å². The molecule has 0 aliphatic carbocycles. The molecule has 0 radical (unpaired) electrons. The second-order valence-electron chi connectivity index (χ2n) is 7.13. The number of rotatable bonds is 6. The van der Waals surface area contributed by atoms with Crippen molar-refractivity contribution in [3.63, 3.8) is 0 Å². The predicted octanol–water partition coefficient (Wildman–Crippen LogP) is 3.57. The number of halogens is 1. The standard InChI is InChI=1S/C21H29N3O3.HI/c1-4-22-20(23-15-21(2,25)19-6-5-13-27-19)24-12-11-17(14-24)16-7-9-18(26-3)10-8-16;/h5-10,13,17,25H,4,11-12,14-15H2,1-3H3,(H,22,23);1H. The summed E-state index contributed by atoms with van der Waals surface area (Å²) in [5.74, 6) is 2.70. The van der Waals surface area contributed by atoms with Gasteiger partial charge < -0.3 is 24.5 Å². The zero-order valence-electron chi connectivity index (χ0n) is 16.7. The molecule has 0 saturated carbocycles. The van der Waals surface area contributed by atoms with Gasteiger partial charge in [-0.3, -0.25) is 0 Å². The fourth-order valence-corrected chi connectivity index (χ4v) is 3.42. The highest BCUT2D eigenvalue weighted by atomic mass is 127. The van der Waals surface area contributed by atoms with Crippen molar-refractivity contribution in [2.24, 2.45) is 4.99 Å². The summed E-state index contributed by atoms with van der Waals surface area (Å²) in [4.78, 5) is 6.94. The molecule has 154 valence electrons. The first kappa shape index (κ1) is 22.5. The summed E-state index contributed by atoms with van der Waals surface area (Å²) >= 11 is 0. The van der Waals surface area contributed by atoms with Gasteiger partial charge in [0.1, 0.15) is 17.1 Å². The van der Waals surface area contributed by atoms with Crippen LogP contribution in [0.1, 0.15) is 37.5 Å². The van der Waals surface area contributed by atoms with Gasteiger partial charge in [0, 0.05) is 25.6 Å². The van der Waals surface area contributed by atoms with Crippen LogP contribution in [0.15, 0.2) is 52.1 Å². The summed E-state index contributed by atoms with van der Waals surface area (Å²) in [6.07, 6.45) is 2.64. The Bertz CT molecular complexity index is 745. The smallest absolute Gasteiger partial charge is 0.194 e. The number of nitrogens with one attached hydrogen (secondary N) is 1. The van der Waals surface area contributed by atoms with E-state index < -0.39 is 5.60 Å². The number of ether oxygens (including phenoxy) is 1. The maximum absolute atomic E-state index is 10.7. The lowest BCUT2D eigenvalue weighted by Gasteiger charge is -2.24. The number of guanidine groups is 1. The lowest BCUT2D eigenvalue weighted by molar-refractivity contribution is 0.0435. The van der Waals surface area contributed by atoms with Crippen LogP contribution in [0.2, 0.25) is 0 Å². The van der Waals surface area contributed by atoms with Crippen LogP contribution < -0.4 is 10.1 Å². The van der Waals surface area contributed by atoms with Crippen molar-refractivity contribution in [2.45, 2.75) is 31.8 Å². The molecule has 1 saturated heterocycles. The summed E-state index contributed by atoms with van der Waals surface area (Å²) in [7, 11) is 1.68. The lowest BCUT2D eigenvalue weighted by atomic mass is 9.98. The summed E-state index contributed by atoms with van der Waals surface area (Å²) in [5, 5.41) is 14.0. The number of aliphatic imine (C=N–C) groups is 1. The Balaban J connectivity index is 0.00000280. The van der Waals surface area contributed by atoms with Crippen LogP contribution in [0, 0.1) is 0 Å². The van der Waals surface area contributed by atoms with Gasteiger partial charge in [-0.2, -0.15) is 0 Å². The molecule has 2 aromatic rings. The van der Waals surface area contributed by atoms with E-state index in [-0.39, 0.29) is 30.5 Å². The average Bonchev–Trinajstić information content (AvgIpc) is 3.37. The molecule has 3 rings (SSSR count). The number of aliphatic hydroxyl groups is 1. The highest BCUT2D eigenvalue weighted by molar-refractivity contribution is 14.0. The third-order valence-electron chi connectivity index (χ3n) is 5.00. The minimum absolute atomic E-state index is 0. The van der Waals surface area contributed by atoms with E-state index >= 15 is 0 Å². The van der Waals surface area contributed by atoms with E-state index in [1.165, 1.54) is 5.56 Å². The van der Waals surface area contributed by atoms with Gasteiger partial charge in [0.05, 0.1) is 19.9 Å². The van der Waals surface area contributed by atoms with E-state index in [4.69, 9.17) is 9.15 Å². The summed E-state index contributed by atoms with van der Waals surface area (Å²) < 4.78 is 10.6. The number of likely N-dealkylation sites (tertiary alicyclic amines) is 1. The summed E-state index contributed by atoms with van der Waals surface area (Å²) in [5.41, 5.74) is 0.191. The van der Waals surface area contributed by atoms with Crippen LogP contribution in [0.5, 0.6) is 5.75 Å². The van der Waals surface area contributed by atoms with E-state index in [1.807, 2.05) is 12.1 Å². The zero-order valence-corrected chi connectivity index (χ0v) is 19.1. The van der Waals surface area contributed by atoms with Crippen LogP contribution in [-0.4, -0.2) is 49.3 Å². The van der Waals surface area contributed by atoms with Crippen molar-refractivity contribution in [3.8, 4) is 5.75 Å². The van der Waals surface area contributed by atoms with Gasteiger partial charge in [0.25, 0.3) is 0 Å². The minimum Gasteiger partial charge on any atom is -0.497 e. The van der Waals surface area contributed by atoms with Crippen LogP contribution in [-0.2, 0) is 5.60 Å². The first-order chi connectivity index (χ1) is 13.0. The summed E-state index contributed by atoms with van der Waals surface area (Å²) in [6, 6.07) is 11.9. The van der Waals surface area contributed by atoms with Crippen molar-refractivity contribution >= 4 is 29.9 Å². The van der Waals surface area contributed by atoms with Crippen molar-refractivity contribution in [3.05, 3.63) is 54.0 Å². The zero-order chi connectivity index (χ0) is 19.3. The minimum atomic E-state index is -1.13. The van der Waals surface area contributed by atoms with E-state index in [0.717, 1.165) is 37.8 Å². The van der Waals surface area contributed by atoms with E-state index in [0.29, 0.717) is 11.7 Å². The van der Waals surface area contributed by atoms with Crippen LogP contribution >= 0.6 is 24.0 Å². The Morgan fingerprint density at radius 3 is 2.71 bits per heavy atom. The molecule has 1 aromatic carbocycles. The third-order valence-corrected chi connectivity index (χ3v) is 5.00. The highest BCUT2D eigenvalue weighted by Gasteiger charge is 2.29. The van der Waals surface area contributed by atoms with Crippen molar-refractivity contribution in [2.75, 3.05) is 33.3 Å². The van der Waals surface area contributed by atoms with Gasteiger partial charge in [-0.1, -0.05) is 12.1 Å². The maximum Gasteiger partial charge on any atom is 0.194 e. The molecule has 1 aliphatic rings. The van der Waals surface area contributed by atoms with Gasteiger partial charge in [0.15, 0.2) is 5.96 Å². The first-order valence-electron chi connectivity index (χ1n) is 9.47. The molecule has 2 N–H and O–H groups in total. The van der Waals surface area contributed by atoms with Gasteiger partial charge in [0.2, 0.25) is 0 Å². The van der Waals surface area contributed by atoms with Gasteiger partial charge in [-0.15, -0.1) is 24.0 Å². The Labute approximate surface area is 184 Å². The van der Waals surface area contributed by atoms with Gasteiger partial charge in [-0.05, 0) is 50.1 Å². The molecule has 2 heterocycles. The first-order valence-corrected chi connectivity index (χ1v) is 9.47. The second-order valence-corrected chi connectivity index (χ2v) is 7.13. The number of methoxy groups -OCH3 is 1. The molecule has 1 fully saturated rings. The molecule has 0 amide bonds. The fourth-order valence-electron chi connectivity index (χ4n) is 3.42. The van der Waals surface area contributed by atoms with Crippen LogP contribution in [0.4, 0.5) is 0 Å². The third kappa shape index (κ3) is 5.41. The Kier molecular flexibility index (Phi) is 8.18. The Morgan fingerprint density at radius 1 is 1.36 bits per heavy atom. The van der Waals surface area contributed by atoms with Crippen molar-refractivity contribution < 1.29 is 14.3 Å². The number of benzene rings is 1. The Morgan fingerprint density at radius 2 is 2.11 bits per heavy atom. The van der Waals surface area contributed by atoms with Crippen LogP contribution in [0.3, 0.4) is 0 Å². The van der Waals surface area contributed by atoms with Crippen molar-refractivity contribution in [1.82, 2.24) is 10.2 Å². The average molecular weight is 499 g/mol. The molecule has 1 aromatic heterocycles. The molecule has 2 atom stereocenters. The quantitative estimate of drug-likeness (QED) is 0.362. The monoisotopic (exact) mass is 499 g/mol. The second kappa shape index (κ2) is 10.2. The molecular formula is C21H30IN3O3. The van der Waals surface area contributed by atoms with Crippen molar-refractivity contribution in [1.29, 1.82) is 0 Å². The number of hydrogen-bond acceptors (Lipinski definition) is 4. The maximum atomic E-state index is 10.7. The topological polar surface area (TPSA) is 70.2 Å². The van der Waals surface area contributed by atoms with Gasteiger partial charge >= 0.3 is 0 Å². The molecule has 0 spiro atoms. The summed E-state index contributed by atoms with van der Waals surface area (Å²) in [6.45, 7) is 6.64.